The normalized spacial score (nSPS) is 11.1. The lowest BCUT2D eigenvalue weighted by Gasteiger charge is -2.07. The molecule has 0 aliphatic carbocycles. The maximum atomic E-state index is 3.46. The quantitative estimate of drug-likeness (QED) is 0.694. The van der Waals surface area contributed by atoms with E-state index < -0.39 is 0 Å². The van der Waals surface area contributed by atoms with E-state index in [4.69, 9.17) is 0 Å². The number of nitrogens with one attached hydrogen (secondary N) is 1. The van der Waals surface area contributed by atoms with Gasteiger partial charge in [-0.15, -0.1) is 0 Å². The largest absolute Gasteiger partial charge is 0.315 e. The number of rotatable bonds is 8. The molecule has 1 rings (SSSR count). The Morgan fingerprint density at radius 2 is 1.65 bits per heavy atom. The van der Waals surface area contributed by atoms with E-state index in [1.165, 1.54) is 42.1 Å². The van der Waals surface area contributed by atoms with Gasteiger partial charge in [-0.2, -0.15) is 0 Å². The predicted molar refractivity (Wildman–Crippen MR) is 79.5 cm³/mol. The van der Waals surface area contributed by atoms with E-state index in [0.29, 0.717) is 6.04 Å². The van der Waals surface area contributed by atoms with Crippen molar-refractivity contribution in [3.8, 4) is 0 Å². The van der Waals surface area contributed by atoms with Crippen LogP contribution in [0.1, 0.15) is 45.1 Å². The van der Waals surface area contributed by atoms with Gasteiger partial charge in [-0.1, -0.05) is 54.8 Å². The topological polar surface area (TPSA) is 12.0 Å². The fourth-order valence-corrected chi connectivity index (χ4v) is 2.11. The van der Waals surface area contributed by atoms with E-state index in [-0.39, 0.29) is 0 Å². The molecule has 1 aromatic rings. The third-order valence-electron chi connectivity index (χ3n) is 2.86. The van der Waals surface area contributed by atoms with E-state index in [0.717, 1.165) is 6.54 Å². The number of hydrogen-bond acceptors (Lipinski definition) is 1. The van der Waals surface area contributed by atoms with Crippen LogP contribution in [0.25, 0.3) is 0 Å². The zero-order valence-corrected chi connectivity index (χ0v) is 12.6. The molecule has 0 aliphatic rings. The summed E-state index contributed by atoms with van der Waals surface area (Å²) in [5.41, 5.74) is 1.45. The van der Waals surface area contributed by atoms with E-state index in [1.54, 1.807) is 0 Å². The van der Waals surface area contributed by atoms with E-state index >= 15 is 0 Å². The van der Waals surface area contributed by atoms with Gasteiger partial charge in [0.25, 0.3) is 0 Å². The molecule has 1 nitrogen and oxygen atoms in total. The molecule has 1 aromatic carbocycles. The molecule has 0 aromatic heterocycles. The number of halogens is 1. The maximum Gasteiger partial charge on any atom is 0.0175 e. The monoisotopic (exact) mass is 297 g/mol. The molecule has 0 fully saturated rings. The Hall–Kier alpha value is -0.340. The van der Waals surface area contributed by atoms with Crippen molar-refractivity contribution in [3.05, 3.63) is 34.3 Å². The number of hydrogen-bond donors (Lipinski definition) is 1. The highest BCUT2D eigenvalue weighted by atomic mass is 79.9. The Morgan fingerprint density at radius 3 is 2.29 bits per heavy atom. The summed E-state index contributed by atoms with van der Waals surface area (Å²) >= 11 is 3.46. The minimum Gasteiger partial charge on any atom is -0.315 e. The molecule has 0 atom stereocenters. The molecule has 0 spiro atoms. The average molecular weight is 298 g/mol. The lowest BCUT2D eigenvalue weighted by Crippen LogP contribution is -2.23. The van der Waals surface area contributed by atoms with E-state index in [9.17, 15) is 0 Å². The lowest BCUT2D eigenvalue weighted by atomic mass is 10.1. The molecule has 0 unspecified atom stereocenters. The van der Waals surface area contributed by atoms with Crippen molar-refractivity contribution in [2.75, 3.05) is 6.54 Å². The number of aryl methyl sites for hydroxylation is 1. The van der Waals surface area contributed by atoms with E-state index in [1.807, 2.05) is 0 Å². The van der Waals surface area contributed by atoms with Gasteiger partial charge in [0.05, 0.1) is 0 Å². The summed E-state index contributed by atoms with van der Waals surface area (Å²) in [6, 6.07) is 9.30. The molecule has 0 aliphatic heterocycles. The Balaban J connectivity index is 1.99. The van der Waals surface area contributed by atoms with Gasteiger partial charge in [0.15, 0.2) is 0 Å². The van der Waals surface area contributed by atoms with Crippen LogP contribution in [0.4, 0.5) is 0 Å². The predicted octanol–water partition coefficient (Wildman–Crippen LogP) is 4.55. The van der Waals surface area contributed by atoms with Gasteiger partial charge in [-0.3, -0.25) is 0 Å². The third-order valence-corrected chi connectivity index (χ3v) is 3.39. The summed E-state index contributed by atoms with van der Waals surface area (Å²) in [4.78, 5) is 0. The average Bonchev–Trinajstić information content (AvgIpc) is 2.30. The van der Waals surface area contributed by atoms with Crippen molar-refractivity contribution >= 4 is 15.9 Å². The van der Waals surface area contributed by atoms with Crippen LogP contribution in [-0.2, 0) is 6.42 Å². The standard InChI is InChI=1S/C15H24BrN/c1-13(2)17-12-6-4-3-5-7-14-8-10-15(16)11-9-14/h8-11,13,17H,3-7,12H2,1-2H3. The van der Waals surface area contributed by atoms with Gasteiger partial charge in [0.1, 0.15) is 0 Å². The Kier molecular flexibility index (Phi) is 7.54. The molecule has 0 saturated heterocycles. The fraction of sp³-hybridized carbons (Fsp3) is 0.600. The maximum absolute atomic E-state index is 3.46. The van der Waals surface area contributed by atoms with Crippen LogP contribution < -0.4 is 5.32 Å². The first kappa shape index (κ1) is 14.7. The number of unbranched alkanes of at least 4 members (excludes halogenated alkanes) is 3. The first-order chi connectivity index (χ1) is 8.18. The molecule has 1 N–H and O–H groups in total. The summed E-state index contributed by atoms with van der Waals surface area (Å²) in [6.45, 7) is 5.57. The minimum atomic E-state index is 0.623. The second-order valence-electron chi connectivity index (χ2n) is 4.90. The first-order valence-corrected chi connectivity index (χ1v) is 7.45. The molecule has 0 heterocycles. The summed E-state index contributed by atoms with van der Waals surface area (Å²) in [6.07, 6.45) is 6.51. The van der Waals surface area contributed by atoms with Crippen LogP contribution in [0, 0.1) is 0 Å². The fourth-order valence-electron chi connectivity index (χ4n) is 1.85. The Labute approximate surface area is 114 Å². The molecule has 0 radical (unpaired) electrons. The molecule has 0 saturated carbocycles. The van der Waals surface area contributed by atoms with E-state index in [2.05, 4.69) is 59.4 Å². The minimum absolute atomic E-state index is 0.623. The highest BCUT2D eigenvalue weighted by Crippen LogP contribution is 2.13. The lowest BCUT2D eigenvalue weighted by molar-refractivity contribution is 0.542. The van der Waals surface area contributed by atoms with Crippen molar-refractivity contribution in [1.82, 2.24) is 5.32 Å². The summed E-state index contributed by atoms with van der Waals surface area (Å²) < 4.78 is 1.17. The van der Waals surface area contributed by atoms with Crippen LogP contribution in [0.5, 0.6) is 0 Å². The zero-order valence-electron chi connectivity index (χ0n) is 11.0. The highest BCUT2D eigenvalue weighted by molar-refractivity contribution is 9.10. The second kappa shape index (κ2) is 8.71. The summed E-state index contributed by atoms with van der Waals surface area (Å²) in [5.74, 6) is 0. The SMILES string of the molecule is CC(C)NCCCCCCc1ccc(Br)cc1. The molecular formula is C15H24BrN. The van der Waals surface area contributed by atoms with Crippen molar-refractivity contribution in [2.45, 2.75) is 52.0 Å². The van der Waals surface area contributed by atoms with Gasteiger partial charge in [-0.25, -0.2) is 0 Å². The van der Waals surface area contributed by atoms with Crippen LogP contribution in [0.15, 0.2) is 28.7 Å². The summed E-state index contributed by atoms with van der Waals surface area (Å²) in [7, 11) is 0. The molecule has 2 heteroatoms. The van der Waals surface area contributed by atoms with Gasteiger partial charge in [0, 0.05) is 10.5 Å². The van der Waals surface area contributed by atoms with Gasteiger partial charge in [-0.05, 0) is 43.5 Å². The third kappa shape index (κ3) is 7.56. The summed E-state index contributed by atoms with van der Waals surface area (Å²) in [5, 5.41) is 3.46. The Morgan fingerprint density at radius 1 is 1.00 bits per heavy atom. The van der Waals surface area contributed by atoms with Gasteiger partial charge < -0.3 is 5.32 Å². The van der Waals surface area contributed by atoms with Crippen molar-refractivity contribution in [2.24, 2.45) is 0 Å². The highest BCUT2D eigenvalue weighted by Gasteiger charge is 1.95. The van der Waals surface area contributed by atoms with Crippen molar-refractivity contribution in [3.63, 3.8) is 0 Å². The van der Waals surface area contributed by atoms with Crippen molar-refractivity contribution < 1.29 is 0 Å². The molecule has 17 heavy (non-hydrogen) atoms. The molecular weight excluding hydrogens is 274 g/mol. The van der Waals surface area contributed by atoms with Gasteiger partial charge in [0.2, 0.25) is 0 Å². The zero-order chi connectivity index (χ0) is 12.5. The van der Waals surface area contributed by atoms with Crippen LogP contribution in [-0.4, -0.2) is 12.6 Å². The Bertz CT molecular complexity index is 292. The van der Waals surface area contributed by atoms with Crippen LogP contribution in [0.2, 0.25) is 0 Å². The van der Waals surface area contributed by atoms with Crippen molar-refractivity contribution in [1.29, 1.82) is 0 Å². The van der Waals surface area contributed by atoms with Crippen LogP contribution >= 0.6 is 15.9 Å². The number of benzene rings is 1. The second-order valence-corrected chi connectivity index (χ2v) is 5.82. The molecule has 0 bridgehead atoms. The first-order valence-electron chi connectivity index (χ1n) is 6.66. The van der Waals surface area contributed by atoms with Gasteiger partial charge >= 0.3 is 0 Å². The molecule has 96 valence electrons. The molecule has 0 amide bonds. The smallest absolute Gasteiger partial charge is 0.0175 e. The van der Waals surface area contributed by atoms with Crippen LogP contribution in [0.3, 0.4) is 0 Å².